The number of nitrogens with zero attached hydrogens (tertiary/aromatic N) is 5. The Morgan fingerprint density at radius 3 is 2.96 bits per heavy atom. The van der Waals surface area contributed by atoms with E-state index in [1.807, 2.05) is 0 Å². The van der Waals surface area contributed by atoms with Gasteiger partial charge in [0.1, 0.15) is 11.0 Å². The zero-order chi connectivity index (χ0) is 18.3. The fraction of sp³-hybridized carbons (Fsp3) is 0.188. The van der Waals surface area contributed by atoms with Gasteiger partial charge < -0.3 is 9.74 Å². The molecule has 10 heteroatoms. The van der Waals surface area contributed by atoms with Gasteiger partial charge in [0.2, 0.25) is 0 Å². The number of halogens is 1. The lowest BCUT2D eigenvalue weighted by atomic mass is 10.1. The molecule has 26 heavy (non-hydrogen) atoms. The first-order valence-electron chi connectivity index (χ1n) is 7.75. The van der Waals surface area contributed by atoms with Crippen LogP contribution < -0.4 is 9.74 Å². The molecule has 0 fully saturated rings. The average Bonchev–Trinajstić information content (AvgIpc) is 3.22. The van der Waals surface area contributed by atoms with Gasteiger partial charge in [0.05, 0.1) is 10.6 Å². The van der Waals surface area contributed by atoms with Crippen LogP contribution in [0.25, 0.3) is 11.0 Å². The van der Waals surface area contributed by atoms with Gasteiger partial charge in [-0.05, 0) is 35.4 Å². The Bertz CT molecular complexity index is 1030. The fourth-order valence-corrected chi connectivity index (χ4v) is 3.07. The third kappa shape index (κ3) is 2.82. The highest BCUT2D eigenvalue weighted by atomic mass is 35.5. The molecule has 1 aromatic heterocycles. The molecule has 1 amide bonds. The van der Waals surface area contributed by atoms with Crippen LogP contribution in [0.3, 0.4) is 0 Å². The molecule has 0 spiro atoms. The summed E-state index contributed by atoms with van der Waals surface area (Å²) in [6, 6.07) is 9.54. The standard InChI is InChI=1S/C16H12ClN5O4/c17-11-2-4-13-15(7-11)21(19-18-13)26-9-16(23)20-6-5-10-1-3-12(22(24)25)8-14(10)20/h1-4,7-8H,5-6,9H2. The van der Waals surface area contributed by atoms with Crippen molar-refractivity contribution in [3.63, 3.8) is 0 Å². The summed E-state index contributed by atoms with van der Waals surface area (Å²) in [6.07, 6.45) is 0.640. The molecule has 4 rings (SSSR count). The first-order valence-corrected chi connectivity index (χ1v) is 8.12. The van der Waals surface area contributed by atoms with Crippen LogP contribution in [0.1, 0.15) is 5.56 Å². The summed E-state index contributed by atoms with van der Waals surface area (Å²) in [5, 5.41) is 19.2. The van der Waals surface area contributed by atoms with E-state index in [1.54, 1.807) is 24.3 Å². The molecule has 9 nitrogen and oxygen atoms in total. The highest BCUT2D eigenvalue weighted by Gasteiger charge is 2.27. The van der Waals surface area contributed by atoms with Crippen molar-refractivity contribution in [2.45, 2.75) is 6.42 Å². The molecule has 0 saturated heterocycles. The number of hydrogen-bond acceptors (Lipinski definition) is 6. The second-order valence-electron chi connectivity index (χ2n) is 5.73. The summed E-state index contributed by atoms with van der Waals surface area (Å²) in [5.74, 6) is -0.324. The number of carbonyl (C=O) groups is 1. The van der Waals surface area contributed by atoms with Gasteiger partial charge in [0.15, 0.2) is 6.61 Å². The molecular weight excluding hydrogens is 362 g/mol. The molecule has 0 bridgehead atoms. The Morgan fingerprint density at radius 2 is 2.15 bits per heavy atom. The fourth-order valence-electron chi connectivity index (χ4n) is 2.90. The van der Waals surface area contributed by atoms with E-state index >= 15 is 0 Å². The second-order valence-corrected chi connectivity index (χ2v) is 6.17. The van der Waals surface area contributed by atoms with E-state index < -0.39 is 4.92 Å². The van der Waals surface area contributed by atoms with E-state index in [1.165, 1.54) is 17.0 Å². The lowest BCUT2D eigenvalue weighted by Gasteiger charge is -2.17. The number of amides is 1. The molecule has 2 aromatic carbocycles. The van der Waals surface area contributed by atoms with Crippen LogP contribution in [-0.2, 0) is 11.2 Å². The lowest BCUT2D eigenvalue weighted by molar-refractivity contribution is -0.384. The number of aromatic nitrogens is 3. The molecule has 3 aromatic rings. The largest absolute Gasteiger partial charge is 0.385 e. The van der Waals surface area contributed by atoms with Crippen molar-refractivity contribution >= 4 is 39.9 Å². The highest BCUT2D eigenvalue weighted by molar-refractivity contribution is 6.31. The minimum Gasteiger partial charge on any atom is -0.385 e. The Morgan fingerprint density at radius 1 is 1.31 bits per heavy atom. The van der Waals surface area contributed by atoms with Crippen LogP contribution in [-0.4, -0.2) is 39.1 Å². The van der Waals surface area contributed by atoms with Crippen molar-refractivity contribution in [1.29, 1.82) is 0 Å². The van der Waals surface area contributed by atoms with Crippen LogP contribution in [0.15, 0.2) is 36.4 Å². The Kier molecular flexibility index (Phi) is 3.92. The number of hydrogen-bond donors (Lipinski definition) is 0. The third-order valence-electron chi connectivity index (χ3n) is 4.16. The maximum Gasteiger partial charge on any atom is 0.271 e. The molecule has 0 radical (unpaired) electrons. The van der Waals surface area contributed by atoms with E-state index in [9.17, 15) is 14.9 Å². The van der Waals surface area contributed by atoms with Gasteiger partial charge in [-0.15, -0.1) is 5.10 Å². The molecule has 132 valence electrons. The van der Waals surface area contributed by atoms with Crippen molar-refractivity contribution in [3.05, 3.63) is 57.1 Å². The molecule has 0 saturated carbocycles. The van der Waals surface area contributed by atoms with Crippen LogP contribution in [0.4, 0.5) is 11.4 Å². The monoisotopic (exact) mass is 373 g/mol. The van der Waals surface area contributed by atoms with Gasteiger partial charge in [-0.25, -0.2) is 0 Å². The summed E-state index contributed by atoms with van der Waals surface area (Å²) < 4.78 is 0. The molecule has 0 N–H and O–H groups in total. The number of fused-ring (bicyclic) bond motifs is 2. The minimum atomic E-state index is -0.483. The van der Waals surface area contributed by atoms with E-state index in [0.29, 0.717) is 34.7 Å². The molecular formula is C16H12ClN5O4. The van der Waals surface area contributed by atoms with Crippen molar-refractivity contribution in [3.8, 4) is 0 Å². The molecule has 1 aliphatic heterocycles. The number of non-ortho nitro benzene ring substituents is 1. The van der Waals surface area contributed by atoms with Crippen molar-refractivity contribution in [1.82, 2.24) is 15.2 Å². The average molecular weight is 374 g/mol. The van der Waals surface area contributed by atoms with E-state index in [2.05, 4.69) is 10.3 Å². The first-order chi connectivity index (χ1) is 12.5. The third-order valence-corrected chi connectivity index (χ3v) is 4.40. The van der Waals surface area contributed by atoms with E-state index in [4.69, 9.17) is 16.4 Å². The van der Waals surface area contributed by atoms with E-state index in [-0.39, 0.29) is 18.2 Å². The number of rotatable bonds is 4. The van der Waals surface area contributed by atoms with Crippen LogP contribution >= 0.6 is 11.6 Å². The predicted molar refractivity (Wildman–Crippen MR) is 93.1 cm³/mol. The first kappa shape index (κ1) is 16.3. The zero-order valence-corrected chi connectivity index (χ0v) is 14.1. The van der Waals surface area contributed by atoms with Gasteiger partial charge in [-0.2, -0.15) is 0 Å². The molecule has 0 unspecified atom stereocenters. The number of nitro groups is 1. The summed E-state index contributed by atoms with van der Waals surface area (Å²) in [6.45, 7) is 0.162. The number of benzene rings is 2. The van der Waals surface area contributed by atoms with Crippen LogP contribution in [0.5, 0.6) is 0 Å². The highest BCUT2D eigenvalue weighted by Crippen LogP contribution is 2.31. The van der Waals surface area contributed by atoms with Gasteiger partial charge >= 0.3 is 0 Å². The predicted octanol–water partition coefficient (Wildman–Crippen LogP) is 2.01. The Labute approximate surface area is 151 Å². The van der Waals surface area contributed by atoms with Crippen molar-refractivity contribution in [2.24, 2.45) is 0 Å². The van der Waals surface area contributed by atoms with E-state index in [0.717, 1.165) is 10.4 Å². The summed E-state index contributed by atoms with van der Waals surface area (Å²) in [5.41, 5.74) is 2.51. The number of anilines is 1. The smallest absolute Gasteiger partial charge is 0.271 e. The summed E-state index contributed by atoms with van der Waals surface area (Å²) in [4.78, 5) is 31.1. The second kappa shape index (κ2) is 6.26. The summed E-state index contributed by atoms with van der Waals surface area (Å²) in [7, 11) is 0. The van der Waals surface area contributed by atoms with Gasteiger partial charge in [0.25, 0.3) is 11.6 Å². The summed E-state index contributed by atoms with van der Waals surface area (Å²) >= 11 is 5.96. The zero-order valence-electron chi connectivity index (χ0n) is 13.3. The number of nitro benzene ring substituents is 1. The molecule has 2 heterocycles. The topological polar surface area (TPSA) is 103 Å². The van der Waals surface area contributed by atoms with Gasteiger partial charge in [0, 0.05) is 23.7 Å². The van der Waals surface area contributed by atoms with Crippen LogP contribution in [0, 0.1) is 10.1 Å². The molecule has 0 atom stereocenters. The quantitative estimate of drug-likeness (QED) is 0.512. The maximum atomic E-state index is 12.5. The maximum absolute atomic E-state index is 12.5. The Hall–Kier alpha value is -3.20. The van der Waals surface area contributed by atoms with Crippen molar-refractivity contribution in [2.75, 3.05) is 18.1 Å². The molecule has 0 aliphatic carbocycles. The number of carbonyl (C=O) groups excluding carboxylic acids is 1. The van der Waals surface area contributed by atoms with Crippen molar-refractivity contribution < 1.29 is 14.6 Å². The van der Waals surface area contributed by atoms with Gasteiger partial charge in [-0.3, -0.25) is 14.9 Å². The normalized spacial score (nSPS) is 13.0. The lowest BCUT2D eigenvalue weighted by Crippen LogP contribution is -2.35. The van der Waals surface area contributed by atoms with Gasteiger partial charge in [-0.1, -0.05) is 22.5 Å². The SMILES string of the molecule is O=C(COn1nnc2ccc(Cl)cc21)N1CCc2ccc([N+](=O)[O-])cc21. The molecule has 1 aliphatic rings. The van der Waals surface area contributed by atoms with Crippen LogP contribution in [0.2, 0.25) is 5.02 Å². The minimum absolute atomic E-state index is 0.0544. The Balaban J connectivity index is 1.52.